The van der Waals surface area contributed by atoms with Crippen LogP contribution in [0.5, 0.6) is 0 Å². The Bertz CT molecular complexity index is 1100. The van der Waals surface area contributed by atoms with Crippen molar-refractivity contribution in [2.45, 2.75) is 50.6 Å². The number of nitrogens with zero attached hydrogens (tertiary/aromatic N) is 2. The van der Waals surface area contributed by atoms with Crippen LogP contribution < -0.4 is 11.1 Å². The van der Waals surface area contributed by atoms with Crippen molar-refractivity contribution in [2.24, 2.45) is 11.7 Å². The van der Waals surface area contributed by atoms with Crippen LogP contribution in [0.4, 0.5) is 10.1 Å². The molecule has 0 radical (unpaired) electrons. The first kappa shape index (κ1) is 19.1. The van der Waals surface area contributed by atoms with Gasteiger partial charge in [-0.2, -0.15) is 4.39 Å². The van der Waals surface area contributed by atoms with Crippen molar-refractivity contribution in [2.75, 3.05) is 5.32 Å². The smallest absolute Gasteiger partial charge is 0.213 e. The molecule has 0 saturated heterocycles. The van der Waals surface area contributed by atoms with E-state index in [9.17, 15) is 9.18 Å². The molecule has 1 aromatic carbocycles. The van der Waals surface area contributed by atoms with Gasteiger partial charge in [-0.15, -0.1) is 0 Å². The highest BCUT2D eigenvalue weighted by Gasteiger charge is 2.33. The van der Waals surface area contributed by atoms with Gasteiger partial charge in [-0.3, -0.25) is 9.78 Å². The summed E-state index contributed by atoms with van der Waals surface area (Å²) in [6, 6.07) is 9.60. The Balaban J connectivity index is 1.60. The molecule has 0 spiro atoms. The van der Waals surface area contributed by atoms with Gasteiger partial charge in [-0.05, 0) is 67.9 Å². The van der Waals surface area contributed by atoms with Gasteiger partial charge in [-0.25, -0.2) is 4.98 Å². The highest BCUT2D eigenvalue weighted by Crippen LogP contribution is 2.38. The zero-order valence-electron chi connectivity index (χ0n) is 16.8. The summed E-state index contributed by atoms with van der Waals surface area (Å²) in [5.74, 6) is -0.234. The van der Waals surface area contributed by atoms with E-state index in [0.717, 1.165) is 66.2 Å². The van der Waals surface area contributed by atoms with Crippen molar-refractivity contribution in [3.05, 3.63) is 54.2 Å². The Morgan fingerprint density at radius 1 is 1.00 bits per heavy atom. The van der Waals surface area contributed by atoms with Gasteiger partial charge < -0.3 is 11.1 Å². The molecule has 0 atom stereocenters. The number of nitrogens with two attached hydrogens (primary N) is 1. The predicted molar refractivity (Wildman–Crippen MR) is 116 cm³/mol. The molecule has 3 N–H and O–H groups in total. The largest absolute Gasteiger partial charge is 0.381 e. The van der Waals surface area contributed by atoms with Crippen molar-refractivity contribution >= 4 is 22.4 Å². The molecule has 2 aliphatic rings. The topological polar surface area (TPSA) is 80.9 Å². The third-order valence-corrected chi connectivity index (χ3v) is 6.26. The fourth-order valence-corrected chi connectivity index (χ4v) is 4.33. The standard InChI is InChI=1S/C24H25FN4O/c25-22-12-16(9-10-27-22)15-3-8-21-19(11-15)23(29-18-6-4-17(26)5-7-18)20(13-28-21)24(30)14-1-2-14/h3,8-14,17-18H,1-2,4-7,26H2,(H,28,29). The third-order valence-electron chi connectivity index (χ3n) is 6.26. The minimum absolute atomic E-state index is 0.113. The molecule has 2 heterocycles. The van der Waals surface area contributed by atoms with Crippen LogP contribution in [-0.4, -0.2) is 27.8 Å². The van der Waals surface area contributed by atoms with E-state index in [0.29, 0.717) is 5.56 Å². The number of benzene rings is 1. The Morgan fingerprint density at radius 2 is 1.77 bits per heavy atom. The van der Waals surface area contributed by atoms with Crippen molar-refractivity contribution < 1.29 is 9.18 Å². The third kappa shape index (κ3) is 3.79. The average Bonchev–Trinajstić information content (AvgIpc) is 3.60. The minimum Gasteiger partial charge on any atom is -0.381 e. The molecule has 3 aromatic rings. The monoisotopic (exact) mass is 404 g/mol. The summed E-state index contributed by atoms with van der Waals surface area (Å²) in [4.78, 5) is 21.2. The van der Waals surface area contributed by atoms with Crippen molar-refractivity contribution in [3.8, 4) is 11.1 Å². The molecule has 154 valence electrons. The molecule has 0 aliphatic heterocycles. The minimum atomic E-state index is -0.514. The number of rotatable bonds is 5. The van der Waals surface area contributed by atoms with Crippen LogP contribution in [-0.2, 0) is 0 Å². The Morgan fingerprint density at radius 3 is 2.50 bits per heavy atom. The highest BCUT2D eigenvalue weighted by atomic mass is 19.1. The first-order valence-corrected chi connectivity index (χ1v) is 10.7. The zero-order chi connectivity index (χ0) is 20.7. The fourth-order valence-electron chi connectivity index (χ4n) is 4.33. The van der Waals surface area contributed by atoms with E-state index in [4.69, 9.17) is 5.73 Å². The van der Waals surface area contributed by atoms with Crippen LogP contribution in [0.3, 0.4) is 0 Å². The molecule has 2 aliphatic carbocycles. The molecule has 6 heteroatoms. The summed E-state index contributed by atoms with van der Waals surface area (Å²) >= 11 is 0. The maximum absolute atomic E-state index is 13.7. The van der Waals surface area contributed by atoms with Gasteiger partial charge in [0.25, 0.3) is 0 Å². The summed E-state index contributed by atoms with van der Waals surface area (Å²) in [7, 11) is 0. The number of ketones is 1. The van der Waals surface area contributed by atoms with Crippen LogP contribution in [0.2, 0.25) is 0 Å². The maximum atomic E-state index is 13.7. The van der Waals surface area contributed by atoms with E-state index in [-0.39, 0.29) is 23.8 Å². The molecule has 0 amide bonds. The summed E-state index contributed by atoms with van der Waals surface area (Å²) in [5, 5.41) is 4.56. The second kappa shape index (κ2) is 7.76. The molecule has 5 rings (SSSR count). The first-order valence-electron chi connectivity index (χ1n) is 10.7. The van der Waals surface area contributed by atoms with Gasteiger partial charge in [0, 0.05) is 41.8 Å². The van der Waals surface area contributed by atoms with Gasteiger partial charge in [0.05, 0.1) is 16.8 Å². The van der Waals surface area contributed by atoms with Gasteiger partial charge in [0.1, 0.15) is 0 Å². The van der Waals surface area contributed by atoms with Crippen LogP contribution in [0.25, 0.3) is 22.0 Å². The highest BCUT2D eigenvalue weighted by molar-refractivity contribution is 6.10. The Labute approximate surface area is 174 Å². The molecule has 30 heavy (non-hydrogen) atoms. The maximum Gasteiger partial charge on any atom is 0.213 e. The summed E-state index contributed by atoms with van der Waals surface area (Å²) in [6.07, 6.45) is 9.00. The van der Waals surface area contributed by atoms with Crippen molar-refractivity contribution in [3.63, 3.8) is 0 Å². The van der Waals surface area contributed by atoms with E-state index in [1.54, 1.807) is 12.3 Å². The molecule has 0 unspecified atom stereocenters. The fraction of sp³-hybridized carbons (Fsp3) is 0.375. The second-order valence-corrected chi connectivity index (χ2v) is 8.54. The number of hydrogen-bond acceptors (Lipinski definition) is 5. The molecule has 2 saturated carbocycles. The van der Waals surface area contributed by atoms with Crippen LogP contribution in [0.1, 0.15) is 48.9 Å². The molecular weight excluding hydrogens is 379 g/mol. The SMILES string of the molecule is NC1CCC(Nc2c(C(=O)C3CC3)cnc3ccc(-c4ccnc(F)c4)cc23)CC1. The Hall–Kier alpha value is -2.86. The van der Waals surface area contributed by atoms with Crippen molar-refractivity contribution in [1.29, 1.82) is 0 Å². The van der Waals surface area contributed by atoms with E-state index in [2.05, 4.69) is 15.3 Å². The van der Waals surface area contributed by atoms with E-state index in [1.807, 2.05) is 18.2 Å². The lowest BCUT2D eigenvalue weighted by atomic mass is 9.91. The van der Waals surface area contributed by atoms with Crippen LogP contribution in [0, 0.1) is 11.9 Å². The molecule has 0 bridgehead atoms. The number of carbonyl (C=O) groups excluding carboxylic acids is 1. The van der Waals surface area contributed by atoms with Crippen LogP contribution in [0.15, 0.2) is 42.7 Å². The quantitative estimate of drug-likeness (QED) is 0.475. The molecule has 5 nitrogen and oxygen atoms in total. The van der Waals surface area contributed by atoms with Crippen molar-refractivity contribution in [1.82, 2.24) is 9.97 Å². The second-order valence-electron chi connectivity index (χ2n) is 8.54. The van der Waals surface area contributed by atoms with Gasteiger partial charge in [0.15, 0.2) is 5.78 Å². The van der Waals surface area contributed by atoms with Gasteiger partial charge in [0.2, 0.25) is 5.95 Å². The normalized spacial score (nSPS) is 21.5. The van der Waals surface area contributed by atoms with E-state index in [1.165, 1.54) is 12.3 Å². The van der Waals surface area contributed by atoms with Gasteiger partial charge >= 0.3 is 0 Å². The number of anilines is 1. The Kier molecular flexibility index (Phi) is 4.95. The number of Topliss-reactive ketones (excluding diaryl/α,β-unsaturated/α-hetero) is 1. The number of nitrogens with one attached hydrogen (secondary N) is 1. The number of carbonyl (C=O) groups is 1. The number of halogens is 1. The molecule has 2 fully saturated rings. The zero-order valence-corrected chi connectivity index (χ0v) is 16.8. The van der Waals surface area contributed by atoms with E-state index >= 15 is 0 Å². The molecule has 2 aromatic heterocycles. The van der Waals surface area contributed by atoms with Gasteiger partial charge in [-0.1, -0.05) is 6.07 Å². The summed E-state index contributed by atoms with van der Waals surface area (Å²) < 4.78 is 13.7. The first-order chi connectivity index (χ1) is 14.6. The number of fused-ring (bicyclic) bond motifs is 1. The average molecular weight is 404 g/mol. The predicted octanol–water partition coefficient (Wildman–Crippen LogP) is 4.71. The lowest BCUT2D eigenvalue weighted by molar-refractivity contribution is 0.0968. The summed E-state index contributed by atoms with van der Waals surface area (Å²) in [6.45, 7) is 0. The lowest BCUT2D eigenvalue weighted by Crippen LogP contribution is -2.33. The number of aromatic nitrogens is 2. The number of pyridine rings is 2. The van der Waals surface area contributed by atoms with E-state index < -0.39 is 5.95 Å². The van der Waals surface area contributed by atoms with Crippen LogP contribution >= 0.6 is 0 Å². The molecular formula is C24H25FN4O. The lowest BCUT2D eigenvalue weighted by Gasteiger charge is -2.29. The summed E-state index contributed by atoms with van der Waals surface area (Å²) in [5.41, 5.74) is 10.0. The number of hydrogen-bond donors (Lipinski definition) is 2.